The predicted molar refractivity (Wildman–Crippen MR) is 69.0 cm³/mol. The maximum absolute atomic E-state index is 5.78. The van der Waals surface area contributed by atoms with Crippen LogP contribution < -0.4 is 5.73 Å². The molecule has 2 N–H and O–H groups in total. The highest BCUT2D eigenvalue weighted by Crippen LogP contribution is 2.42. The molecular weight excluding hydrogens is 230 g/mol. The van der Waals surface area contributed by atoms with Crippen molar-refractivity contribution in [1.82, 2.24) is 9.97 Å². The number of pyridine rings is 1. The smallest absolute Gasteiger partial charge is 0.0976 e. The van der Waals surface area contributed by atoms with E-state index >= 15 is 0 Å². The fourth-order valence-electron chi connectivity index (χ4n) is 1.99. The van der Waals surface area contributed by atoms with Gasteiger partial charge in [-0.05, 0) is 24.5 Å². The second-order valence-electron chi connectivity index (χ2n) is 4.43. The summed E-state index contributed by atoms with van der Waals surface area (Å²) in [5, 5.41) is 1.17. The summed E-state index contributed by atoms with van der Waals surface area (Å²) in [6.45, 7) is 0.622. The number of aromatic nitrogens is 2. The Morgan fingerprint density at radius 3 is 2.94 bits per heavy atom. The van der Waals surface area contributed by atoms with Crippen LogP contribution in [-0.4, -0.2) is 9.97 Å². The third-order valence-corrected chi connectivity index (χ3v) is 4.09. The molecule has 2 aromatic heterocycles. The van der Waals surface area contributed by atoms with Gasteiger partial charge in [-0.3, -0.25) is 4.98 Å². The van der Waals surface area contributed by atoms with Crippen molar-refractivity contribution in [3.05, 3.63) is 45.7 Å². The molecule has 2 heterocycles. The van der Waals surface area contributed by atoms with E-state index in [-0.39, 0.29) is 0 Å². The molecule has 1 saturated carbocycles. The van der Waals surface area contributed by atoms with Gasteiger partial charge in [0.15, 0.2) is 0 Å². The molecule has 0 spiro atoms. The third kappa shape index (κ3) is 2.37. The van der Waals surface area contributed by atoms with Crippen molar-refractivity contribution in [3.63, 3.8) is 0 Å². The molecule has 17 heavy (non-hydrogen) atoms. The molecule has 4 heteroatoms. The van der Waals surface area contributed by atoms with Crippen molar-refractivity contribution in [2.75, 3.05) is 0 Å². The van der Waals surface area contributed by atoms with Gasteiger partial charge in [0.2, 0.25) is 0 Å². The minimum atomic E-state index is 0.622. The van der Waals surface area contributed by atoms with Crippen LogP contribution in [-0.2, 0) is 13.0 Å². The predicted octanol–water partition coefficient (Wildman–Crippen LogP) is 2.47. The second kappa shape index (κ2) is 4.55. The lowest BCUT2D eigenvalue weighted by atomic mass is 10.2. The number of nitrogens with two attached hydrogens (primary N) is 1. The molecule has 1 aliphatic rings. The first-order valence-electron chi connectivity index (χ1n) is 5.94. The number of hydrogen-bond acceptors (Lipinski definition) is 4. The number of rotatable bonds is 4. The summed E-state index contributed by atoms with van der Waals surface area (Å²) in [7, 11) is 0. The minimum Gasteiger partial charge on any atom is -0.326 e. The van der Waals surface area contributed by atoms with Crippen LogP contribution in [0.1, 0.15) is 39.9 Å². The number of thiazole rings is 1. The highest BCUT2D eigenvalue weighted by atomic mass is 32.1. The Kier molecular flexibility index (Phi) is 2.91. The van der Waals surface area contributed by atoms with Crippen molar-refractivity contribution < 1.29 is 0 Å². The fourth-order valence-corrected chi connectivity index (χ4v) is 3.06. The number of hydrogen-bond donors (Lipinski definition) is 1. The van der Waals surface area contributed by atoms with E-state index in [0.29, 0.717) is 12.5 Å². The zero-order chi connectivity index (χ0) is 11.7. The lowest BCUT2D eigenvalue weighted by molar-refractivity contribution is 0.958. The van der Waals surface area contributed by atoms with E-state index < -0.39 is 0 Å². The quantitative estimate of drug-likeness (QED) is 0.900. The molecule has 0 atom stereocenters. The summed E-state index contributed by atoms with van der Waals surface area (Å²) >= 11 is 1.76. The van der Waals surface area contributed by atoms with Crippen LogP contribution in [0.25, 0.3) is 0 Å². The van der Waals surface area contributed by atoms with Gasteiger partial charge in [-0.25, -0.2) is 4.98 Å². The molecule has 1 aliphatic carbocycles. The van der Waals surface area contributed by atoms with Gasteiger partial charge >= 0.3 is 0 Å². The zero-order valence-electron chi connectivity index (χ0n) is 9.60. The van der Waals surface area contributed by atoms with Gasteiger partial charge in [-0.2, -0.15) is 0 Å². The van der Waals surface area contributed by atoms with Crippen LogP contribution in [0.5, 0.6) is 0 Å². The Balaban J connectivity index is 1.83. The summed E-state index contributed by atoms with van der Waals surface area (Å²) in [6, 6.07) is 4.06. The van der Waals surface area contributed by atoms with Gasteiger partial charge in [0.05, 0.1) is 10.7 Å². The molecule has 0 aromatic carbocycles. The molecule has 3 rings (SSSR count). The van der Waals surface area contributed by atoms with E-state index in [1.54, 1.807) is 17.5 Å². The molecule has 88 valence electrons. The monoisotopic (exact) mass is 245 g/mol. The van der Waals surface area contributed by atoms with E-state index in [1.807, 2.05) is 12.3 Å². The Bertz CT molecular complexity index is 503. The summed E-state index contributed by atoms with van der Waals surface area (Å²) in [6.07, 6.45) is 7.14. The van der Waals surface area contributed by atoms with Crippen LogP contribution in [0.3, 0.4) is 0 Å². The van der Waals surface area contributed by atoms with E-state index in [1.165, 1.54) is 34.0 Å². The molecular formula is C13H15N3S. The Labute approximate surface area is 105 Å². The molecule has 2 aromatic rings. The lowest BCUT2D eigenvalue weighted by Gasteiger charge is -1.95. The van der Waals surface area contributed by atoms with Crippen molar-refractivity contribution in [2.24, 2.45) is 5.73 Å². The standard InChI is InChI=1S/C13H15N3S/c14-7-11-13(10-3-4-10)16-12(17-11)6-9-2-1-5-15-8-9/h1-2,5,8,10H,3-4,6-7,14H2. The van der Waals surface area contributed by atoms with E-state index in [0.717, 1.165) is 6.42 Å². The first-order valence-corrected chi connectivity index (χ1v) is 6.76. The maximum atomic E-state index is 5.78. The summed E-state index contributed by atoms with van der Waals surface area (Å²) in [4.78, 5) is 10.1. The van der Waals surface area contributed by atoms with Crippen LogP contribution in [0.15, 0.2) is 24.5 Å². The molecule has 0 bridgehead atoms. The minimum absolute atomic E-state index is 0.622. The molecule has 0 unspecified atom stereocenters. The average molecular weight is 245 g/mol. The summed E-state index contributed by atoms with van der Waals surface area (Å²) in [5.41, 5.74) is 8.26. The van der Waals surface area contributed by atoms with Gasteiger partial charge in [0, 0.05) is 36.2 Å². The first-order chi connectivity index (χ1) is 8.36. The third-order valence-electron chi connectivity index (χ3n) is 3.00. The Morgan fingerprint density at radius 2 is 2.29 bits per heavy atom. The van der Waals surface area contributed by atoms with Crippen molar-refractivity contribution in [3.8, 4) is 0 Å². The van der Waals surface area contributed by atoms with Crippen molar-refractivity contribution in [1.29, 1.82) is 0 Å². The molecule has 1 fully saturated rings. The van der Waals surface area contributed by atoms with Gasteiger partial charge in [-0.15, -0.1) is 11.3 Å². The molecule has 0 aliphatic heterocycles. The van der Waals surface area contributed by atoms with Crippen molar-refractivity contribution >= 4 is 11.3 Å². The van der Waals surface area contributed by atoms with Gasteiger partial charge in [0.25, 0.3) is 0 Å². The molecule has 0 radical (unpaired) electrons. The fraction of sp³-hybridized carbons (Fsp3) is 0.385. The van der Waals surface area contributed by atoms with Crippen LogP contribution in [0.4, 0.5) is 0 Å². The zero-order valence-corrected chi connectivity index (χ0v) is 10.4. The number of nitrogens with zero attached hydrogens (tertiary/aromatic N) is 2. The van der Waals surface area contributed by atoms with E-state index in [4.69, 9.17) is 10.7 Å². The van der Waals surface area contributed by atoms with Crippen molar-refractivity contribution in [2.45, 2.75) is 31.7 Å². The van der Waals surface area contributed by atoms with Crippen LogP contribution in [0.2, 0.25) is 0 Å². The van der Waals surface area contributed by atoms with Gasteiger partial charge in [0.1, 0.15) is 0 Å². The Morgan fingerprint density at radius 1 is 1.41 bits per heavy atom. The highest BCUT2D eigenvalue weighted by Gasteiger charge is 2.29. The normalized spacial score (nSPS) is 15.1. The van der Waals surface area contributed by atoms with E-state index in [9.17, 15) is 0 Å². The average Bonchev–Trinajstić information content (AvgIpc) is 3.13. The Hall–Kier alpha value is -1.26. The largest absolute Gasteiger partial charge is 0.326 e. The SMILES string of the molecule is NCc1sc(Cc2cccnc2)nc1C1CC1. The second-order valence-corrected chi connectivity index (χ2v) is 5.60. The maximum Gasteiger partial charge on any atom is 0.0976 e. The van der Waals surface area contributed by atoms with E-state index in [2.05, 4.69) is 11.1 Å². The van der Waals surface area contributed by atoms with Gasteiger partial charge < -0.3 is 5.73 Å². The molecule has 3 nitrogen and oxygen atoms in total. The lowest BCUT2D eigenvalue weighted by Crippen LogP contribution is -1.96. The van der Waals surface area contributed by atoms with Gasteiger partial charge in [-0.1, -0.05) is 6.07 Å². The first kappa shape index (κ1) is 10.9. The van der Waals surface area contributed by atoms with Crippen LogP contribution in [0, 0.1) is 0 Å². The van der Waals surface area contributed by atoms with Crippen LogP contribution >= 0.6 is 11.3 Å². The summed E-state index contributed by atoms with van der Waals surface area (Å²) < 4.78 is 0. The summed E-state index contributed by atoms with van der Waals surface area (Å²) in [5.74, 6) is 0.687. The highest BCUT2D eigenvalue weighted by molar-refractivity contribution is 7.11. The molecule has 0 amide bonds. The molecule has 0 saturated heterocycles. The topological polar surface area (TPSA) is 51.8 Å².